The van der Waals surface area contributed by atoms with Gasteiger partial charge in [0, 0.05) is 25.3 Å². The van der Waals surface area contributed by atoms with Crippen molar-refractivity contribution in [1.82, 2.24) is 10.2 Å². The molecule has 27 heavy (non-hydrogen) atoms. The highest BCUT2D eigenvalue weighted by molar-refractivity contribution is 6.31. The van der Waals surface area contributed by atoms with E-state index in [9.17, 15) is 14.4 Å². The van der Waals surface area contributed by atoms with E-state index in [1.165, 1.54) is 31.4 Å². The molecule has 0 unspecified atom stereocenters. The van der Waals surface area contributed by atoms with Gasteiger partial charge in [-0.05, 0) is 43.0 Å². The zero-order chi connectivity index (χ0) is 19.2. The van der Waals surface area contributed by atoms with Crippen LogP contribution in [-0.4, -0.2) is 42.4 Å². The Morgan fingerprint density at radius 2 is 1.67 bits per heavy atom. The van der Waals surface area contributed by atoms with Crippen molar-refractivity contribution in [3.8, 4) is 0 Å². The number of rotatable bonds is 5. The van der Waals surface area contributed by atoms with Crippen LogP contribution < -0.4 is 10.2 Å². The van der Waals surface area contributed by atoms with Gasteiger partial charge in [0.15, 0.2) is 0 Å². The Morgan fingerprint density at radius 3 is 2.30 bits per heavy atom. The minimum atomic E-state index is -0.632. The maximum Gasteiger partial charge on any atom is 0.331 e. The molecule has 2 aliphatic heterocycles. The Kier molecular flexibility index (Phi) is 6.27. The van der Waals surface area contributed by atoms with Crippen LogP contribution in [-0.2, 0) is 9.59 Å². The molecule has 0 radical (unpaired) electrons. The van der Waals surface area contributed by atoms with Crippen LogP contribution in [0, 0.1) is 0 Å². The minimum Gasteiger partial charge on any atom is -0.372 e. The van der Waals surface area contributed by atoms with Gasteiger partial charge in [-0.25, -0.2) is 4.79 Å². The third-order valence-corrected chi connectivity index (χ3v) is 5.10. The first-order valence-corrected chi connectivity index (χ1v) is 9.84. The standard InChI is InChI=1S/C21H27N3O3/c1-2-3-14-24-20(26)18(19(25)22-21(24)27)15-16-8-10-17(11-9-16)23-12-6-4-5-7-13-23/h8-11,15H,2-7,12-14H2,1H3,(H,22,25,27)/b18-15+. The Labute approximate surface area is 160 Å². The SMILES string of the molecule is CCCCN1C(=O)NC(=O)/C(=C\c2ccc(N3CCCCCC3)cc2)C1=O. The van der Waals surface area contributed by atoms with E-state index < -0.39 is 17.8 Å². The lowest BCUT2D eigenvalue weighted by Gasteiger charge is -2.26. The first kappa shape index (κ1) is 19.1. The Morgan fingerprint density at radius 1 is 1.00 bits per heavy atom. The van der Waals surface area contributed by atoms with Crippen LogP contribution in [0.2, 0.25) is 0 Å². The van der Waals surface area contributed by atoms with E-state index in [1.54, 1.807) is 6.08 Å². The van der Waals surface area contributed by atoms with E-state index in [0.29, 0.717) is 13.0 Å². The molecule has 6 nitrogen and oxygen atoms in total. The summed E-state index contributed by atoms with van der Waals surface area (Å²) in [5.41, 5.74) is 1.95. The molecule has 0 saturated carbocycles. The molecule has 4 amide bonds. The number of nitrogens with zero attached hydrogens (tertiary/aromatic N) is 2. The maximum absolute atomic E-state index is 12.6. The largest absolute Gasteiger partial charge is 0.372 e. The van der Waals surface area contributed by atoms with Crippen molar-refractivity contribution in [2.24, 2.45) is 0 Å². The summed E-state index contributed by atoms with van der Waals surface area (Å²) in [4.78, 5) is 40.1. The number of barbiturate groups is 1. The molecule has 0 aliphatic carbocycles. The molecule has 0 spiro atoms. The summed E-state index contributed by atoms with van der Waals surface area (Å²) in [5, 5.41) is 2.26. The molecule has 0 aromatic heterocycles. The Bertz CT molecular complexity index is 732. The summed E-state index contributed by atoms with van der Waals surface area (Å²) in [6.45, 7) is 4.44. The zero-order valence-electron chi connectivity index (χ0n) is 15.9. The number of carbonyl (C=O) groups excluding carboxylic acids is 3. The van der Waals surface area contributed by atoms with Crippen LogP contribution in [0.4, 0.5) is 10.5 Å². The van der Waals surface area contributed by atoms with E-state index in [0.717, 1.165) is 30.0 Å². The Balaban J connectivity index is 1.76. The van der Waals surface area contributed by atoms with Gasteiger partial charge >= 0.3 is 6.03 Å². The number of benzene rings is 1. The highest BCUT2D eigenvalue weighted by Crippen LogP contribution is 2.22. The summed E-state index contributed by atoms with van der Waals surface area (Å²) in [5.74, 6) is -1.15. The van der Waals surface area contributed by atoms with Crippen LogP contribution in [0.1, 0.15) is 51.0 Å². The molecule has 2 fully saturated rings. The Hall–Kier alpha value is -2.63. The summed E-state index contributed by atoms with van der Waals surface area (Å²) in [6.07, 6.45) is 8.13. The monoisotopic (exact) mass is 369 g/mol. The number of nitrogens with one attached hydrogen (secondary N) is 1. The van der Waals surface area contributed by atoms with E-state index in [2.05, 4.69) is 10.2 Å². The topological polar surface area (TPSA) is 69.7 Å². The van der Waals surface area contributed by atoms with E-state index in [1.807, 2.05) is 31.2 Å². The van der Waals surface area contributed by atoms with Crippen molar-refractivity contribution in [3.63, 3.8) is 0 Å². The number of urea groups is 1. The fraction of sp³-hybridized carbons (Fsp3) is 0.476. The first-order valence-electron chi connectivity index (χ1n) is 9.84. The molecule has 3 rings (SSSR count). The highest BCUT2D eigenvalue weighted by atomic mass is 16.2. The second-order valence-corrected chi connectivity index (χ2v) is 7.12. The molecule has 2 saturated heterocycles. The summed E-state index contributed by atoms with van der Waals surface area (Å²) in [6, 6.07) is 7.26. The first-order chi connectivity index (χ1) is 13.1. The average Bonchev–Trinajstić information content (AvgIpc) is 2.95. The molecule has 1 aromatic rings. The molecule has 6 heteroatoms. The highest BCUT2D eigenvalue weighted by Gasteiger charge is 2.35. The smallest absolute Gasteiger partial charge is 0.331 e. The number of amides is 4. The minimum absolute atomic E-state index is 0.00762. The van der Waals surface area contributed by atoms with Gasteiger partial charge in [0.2, 0.25) is 0 Å². The second kappa shape index (κ2) is 8.84. The zero-order valence-corrected chi connectivity index (χ0v) is 15.9. The van der Waals surface area contributed by atoms with Gasteiger partial charge in [-0.1, -0.05) is 38.3 Å². The van der Waals surface area contributed by atoms with E-state index in [-0.39, 0.29) is 5.57 Å². The third kappa shape index (κ3) is 4.56. The van der Waals surface area contributed by atoms with Gasteiger partial charge in [-0.2, -0.15) is 0 Å². The normalized spacial score (nSPS) is 20.0. The lowest BCUT2D eigenvalue weighted by atomic mass is 10.1. The number of carbonyl (C=O) groups is 3. The van der Waals surface area contributed by atoms with Gasteiger partial charge in [-0.15, -0.1) is 0 Å². The number of unbranched alkanes of at least 4 members (excludes halogenated alkanes) is 1. The number of hydrogen-bond acceptors (Lipinski definition) is 4. The fourth-order valence-corrected chi connectivity index (χ4v) is 3.49. The molecule has 2 aliphatic rings. The van der Waals surface area contributed by atoms with E-state index in [4.69, 9.17) is 0 Å². The predicted molar refractivity (Wildman–Crippen MR) is 105 cm³/mol. The number of imide groups is 2. The fourth-order valence-electron chi connectivity index (χ4n) is 3.49. The van der Waals surface area contributed by atoms with Crippen LogP contribution in [0.5, 0.6) is 0 Å². The molecular weight excluding hydrogens is 342 g/mol. The van der Waals surface area contributed by atoms with Gasteiger partial charge in [0.1, 0.15) is 5.57 Å². The molecule has 0 atom stereocenters. The van der Waals surface area contributed by atoms with Gasteiger partial charge in [0.25, 0.3) is 11.8 Å². The maximum atomic E-state index is 12.6. The van der Waals surface area contributed by atoms with Gasteiger partial charge < -0.3 is 4.90 Å². The molecular formula is C21H27N3O3. The summed E-state index contributed by atoms with van der Waals surface area (Å²) >= 11 is 0. The third-order valence-electron chi connectivity index (χ3n) is 5.10. The second-order valence-electron chi connectivity index (χ2n) is 7.12. The number of hydrogen-bond donors (Lipinski definition) is 1. The van der Waals surface area contributed by atoms with E-state index >= 15 is 0 Å². The van der Waals surface area contributed by atoms with Crippen molar-refractivity contribution in [2.75, 3.05) is 24.5 Å². The summed E-state index contributed by atoms with van der Waals surface area (Å²) < 4.78 is 0. The van der Waals surface area contributed by atoms with Crippen molar-refractivity contribution >= 4 is 29.6 Å². The van der Waals surface area contributed by atoms with Crippen LogP contribution in [0.3, 0.4) is 0 Å². The van der Waals surface area contributed by atoms with Crippen molar-refractivity contribution in [3.05, 3.63) is 35.4 Å². The van der Waals surface area contributed by atoms with Crippen LogP contribution >= 0.6 is 0 Å². The van der Waals surface area contributed by atoms with Crippen LogP contribution in [0.25, 0.3) is 6.08 Å². The molecule has 144 valence electrons. The quantitative estimate of drug-likeness (QED) is 0.638. The molecule has 2 heterocycles. The lowest BCUT2D eigenvalue weighted by Crippen LogP contribution is -2.54. The average molecular weight is 369 g/mol. The number of anilines is 1. The molecule has 1 N–H and O–H groups in total. The molecule has 0 bridgehead atoms. The molecule has 1 aromatic carbocycles. The summed E-state index contributed by atoms with van der Waals surface area (Å²) in [7, 11) is 0. The van der Waals surface area contributed by atoms with Crippen molar-refractivity contribution < 1.29 is 14.4 Å². The predicted octanol–water partition coefficient (Wildman–Crippen LogP) is 3.33. The lowest BCUT2D eigenvalue weighted by molar-refractivity contribution is -0.130. The van der Waals surface area contributed by atoms with Crippen molar-refractivity contribution in [2.45, 2.75) is 45.4 Å². The van der Waals surface area contributed by atoms with Crippen LogP contribution in [0.15, 0.2) is 29.8 Å². The van der Waals surface area contributed by atoms with Gasteiger partial charge in [-0.3, -0.25) is 19.8 Å². The van der Waals surface area contributed by atoms with Gasteiger partial charge in [0.05, 0.1) is 0 Å². The van der Waals surface area contributed by atoms with Crippen molar-refractivity contribution in [1.29, 1.82) is 0 Å².